The molecular formula is C6H17N. The Kier molecular flexibility index (Phi) is 12.7. The molecule has 46 valence electrons. The second-order valence-corrected chi connectivity index (χ2v) is 1.55. The predicted molar refractivity (Wildman–Crippen MR) is 37.1 cm³/mol. The summed E-state index contributed by atoms with van der Waals surface area (Å²) in [6.07, 6.45) is 1.25. The Labute approximate surface area is 47.7 Å². The summed E-state index contributed by atoms with van der Waals surface area (Å²) in [5.41, 5.74) is 5.58. The van der Waals surface area contributed by atoms with Gasteiger partial charge in [-0.3, -0.25) is 0 Å². The molecule has 0 heterocycles. The van der Waals surface area contributed by atoms with Crippen molar-refractivity contribution in [3.63, 3.8) is 0 Å². The van der Waals surface area contributed by atoms with Crippen molar-refractivity contribution in [2.24, 2.45) is 5.73 Å². The Morgan fingerprint density at radius 3 is 1.71 bits per heavy atom. The van der Waals surface area contributed by atoms with Gasteiger partial charge >= 0.3 is 0 Å². The standard InChI is InChI=1S/C3H7N.C3H8.H2/c1-3(2)4;1-3-2;/h1,4H2,2H3;3H2,1-2H3;1H. The summed E-state index contributed by atoms with van der Waals surface area (Å²) >= 11 is 0. The first-order chi connectivity index (χ1) is 3.15. The summed E-state index contributed by atoms with van der Waals surface area (Å²) in [4.78, 5) is 0. The lowest BCUT2D eigenvalue weighted by Crippen LogP contribution is -1.83. The lowest BCUT2D eigenvalue weighted by molar-refractivity contribution is 1.09. The normalized spacial score (nSPS) is 6.14. The van der Waals surface area contributed by atoms with Crippen LogP contribution in [-0.2, 0) is 0 Å². The first-order valence-electron chi connectivity index (χ1n) is 2.56. The molecule has 1 heteroatoms. The van der Waals surface area contributed by atoms with Gasteiger partial charge < -0.3 is 5.73 Å². The zero-order chi connectivity index (χ0) is 6.28. The van der Waals surface area contributed by atoms with Crippen LogP contribution in [0.2, 0.25) is 0 Å². The van der Waals surface area contributed by atoms with Crippen molar-refractivity contribution >= 4 is 0 Å². The third-order valence-electron chi connectivity index (χ3n) is 0. The summed E-state index contributed by atoms with van der Waals surface area (Å²) in [5.74, 6) is 0. The summed E-state index contributed by atoms with van der Waals surface area (Å²) in [7, 11) is 0. The average Bonchev–Trinajstić information content (AvgIpc) is 1.33. The average molecular weight is 103 g/mol. The van der Waals surface area contributed by atoms with Gasteiger partial charge in [-0.1, -0.05) is 26.8 Å². The quantitative estimate of drug-likeness (QED) is 0.499. The van der Waals surface area contributed by atoms with Gasteiger partial charge in [0.1, 0.15) is 0 Å². The van der Waals surface area contributed by atoms with E-state index in [9.17, 15) is 0 Å². The number of rotatable bonds is 0. The van der Waals surface area contributed by atoms with E-state index in [0.29, 0.717) is 5.70 Å². The molecule has 0 unspecified atom stereocenters. The number of hydrogen-bond acceptors (Lipinski definition) is 1. The molecule has 1 nitrogen and oxygen atoms in total. The maximum absolute atomic E-state index is 4.92. The largest absolute Gasteiger partial charge is 0.403 e. The minimum atomic E-state index is 0. The van der Waals surface area contributed by atoms with Crippen LogP contribution in [0.15, 0.2) is 12.3 Å². The molecule has 0 rings (SSSR count). The summed E-state index contributed by atoms with van der Waals surface area (Å²) < 4.78 is 0. The number of allylic oxidation sites excluding steroid dienone is 1. The van der Waals surface area contributed by atoms with Crippen LogP contribution in [0.25, 0.3) is 0 Å². The molecule has 0 aromatic rings. The van der Waals surface area contributed by atoms with Gasteiger partial charge in [-0.05, 0) is 12.6 Å². The molecule has 0 spiro atoms. The molecule has 0 aliphatic heterocycles. The third-order valence-corrected chi connectivity index (χ3v) is 0. The molecule has 0 aromatic heterocycles. The molecule has 0 aliphatic carbocycles. The van der Waals surface area contributed by atoms with Gasteiger partial charge in [0, 0.05) is 1.43 Å². The molecule has 0 saturated carbocycles. The van der Waals surface area contributed by atoms with Crippen LogP contribution in [-0.4, -0.2) is 0 Å². The molecule has 0 fully saturated rings. The number of hydrogen-bond donors (Lipinski definition) is 1. The van der Waals surface area contributed by atoms with Gasteiger partial charge in [-0.15, -0.1) is 0 Å². The lowest BCUT2D eigenvalue weighted by Gasteiger charge is -1.69. The van der Waals surface area contributed by atoms with Crippen molar-refractivity contribution in [1.29, 1.82) is 0 Å². The third kappa shape index (κ3) is 328. The molecule has 0 aliphatic rings. The highest BCUT2D eigenvalue weighted by molar-refractivity contribution is 4.76. The smallest absolute Gasteiger partial charge is 0 e. The van der Waals surface area contributed by atoms with Gasteiger partial charge in [-0.2, -0.15) is 0 Å². The van der Waals surface area contributed by atoms with E-state index in [0.717, 1.165) is 0 Å². The molecule has 7 heavy (non-hydrogen) atoms. The van der Waals surface area contributed by atoms with E-state index in [1.54, 1.807) is 6.92 Å². The Balaban J connectivity index is -0.0000000575. The molecular weight excluding hydrogens is 86.1 g/mol. The fourth-order valence-electron chi connectivity index (χ4n) is 0. The zero-order valence-electron chi connectivity index (χ0n) is 5.49. The van der Waals surface area contributed by atoms with Crippen molar-refractivity contribution in [3.8, 4) is 0 Å². The first-order valence-corrected chi connectivity index (χ1v) is 2.56. The summed E-state index contributed by atoms with van der Waals surface area (Å²) in [5, 5.41) is 0. The van der Waals surface area contributed by atoms with E-state index in [2.05, 4.69) is 20.4 Å². The van der Waals surface area contributed by atoms with Gasteiger partial charge in [0.25, 0.3) is 0 Å². The maximum Gasteiger partial charge on any atom is 0 e. The van der Waals surface area contributed by atoms with Gasteiger partial charge in [0.05, 0.1) is 0 Å². The monoisotopic (exact) mass is 103 g/mol. The van der Waals surface area contributed by atoms with E-state index in [4.69, 9.17) is 5.73 Å². The molecule has 0 radical (unpaired) electrons. The van der Waals surface area contributed by atoms with Crippen molar-refractivity contribution in [3.05, 3.63) is 12.3 Å². The minimum absolute atomic E-state index is 0. The van der Waals surface area contributed by atoms with E-state index in [1.807, 2.05) is 0 Å². The topological polar surface area (TPSA) is 26.0 Å². The van der Waals surface area contributed by atoms with Gasteiger partial charge in [-0.25, -0.2) is 0 Å². The summed E-state index contributed by atoms with van der Waals surface area (Å²) in [6, 6.07) is 0. The van der Waals surface area contributed by atoms with Gasteiger partial charge in [0.15, 0.2) is 0 Å². The van der Waals surface area contributed by atoms with Crippen LogP contribution in [0.1, 0.15) is 28.6 Å². The van der Waals surface area contributed by atoms with Gasteiger partial charge in [0.2, 0.25) is 0 Å². The fraction of sp³-hybridized carbons (Fsp3) is 0.667. The van der Waals surface area contributed by atoms with Crippen molar-refractivity contribution in [1.82, 2.24) is 0 Å². The Bertz CT molecular complexity index is 39.8. The van der Waals surface area contributed by atoms with Crippen LogP contribution in [0.3, 0.4) is 0 Å². The lowest BCUT2D eigenvalue weighted by atomic mass is 10.6. The SMILES string of the molecule is C=C(C)N.CCC.[HH]. The van der Waals surface area contributed by atoms with Crippen LogP contribution in [0.5, 0.6) is 0 Å². The van der Waals surface area contributed by atoms with E-state index in [1.165, 1.54) is 6.42 Å². The zero-order valence-corrected chi connectivity index (χ0v) is 5.49. The molecule has 0 aromatic carbocycles. The predicted octanol–water partition coefficient (Wildman–Crippen LogP) is 2.14. The molecule has 0 amide bonds. The van der Waals surface area contributed by atoms with Crippen LogP contribution in [0, 0.1) is 0 Å². The highest BCUT2D eigenvalue weighted by Crippen LogP contribution is 1.59. The second kappa shape index (κ2) is 9.11. The molecule has 0 atom stereocenters. The highest BCUT2D eigenvalue weighted by Gasteiger charge is 1.50. The van der Waals surface area contributed by atoms with Crippen molar-refractivity contribution < 1.29 is 1.43 Å². The van der Waals surface area contributed by atoms with E-state index in [-0.39, 0.29) is 1.43 Å². The Morgan fingerprint density at radius 1 is 1.71 bits per heavy atom. The minimum Gasteiger partial charge on any atom is -0.403 e. The van der Waals surface area contributed by atoms with Crippen molar-refractivity contribution in [2.75, 3.05) is 0 Å². The van der Waals surface area contributed by atoms with E-state index >= 15 is 0 Å². The Morgan fingerprint density at radius 2 is 1.71 bits per heavy atom. The summed E-state index contributed by atoms with van der Waals surface area (Å²) in [6.45, 7) is 9.33. The van der Waals surface area contributed by atoms with Crippen LogP contribution in [0.4, 0.5) is 0 Å². The maximum atomic E-state index is 4.92. The fourth-order valence-corrected chi connectivity index (χ4v) is 0. The molecule has 0 saturated heterocycles. The Hall–Kier alpha value is -0.460. The molecule has 0 bridgehead atoms. The second-order valence-electron chi connectivity index (χ2n) is 1.55. The van der Waals surface area contributed by atoms with Crippen LogP contribution >= 0.6 is 0 Å². The highest BCUT2D eigenvalue weighted by atomic mass is 14.5. The van der Waals surface area contributed by atoms with E-state index < -0.39 is 0 Å². The number of nitrogens with two attached hydrogens (primary N) is 1. The first kappa shape index (κ1) is 9.74. The molecule has 2 N–H and O–H groups in total. The van der Waals surface area contributed by atoms with Crippen molar-refractivity contribution in [2.45, 2.75) is 27.2 Å². The van der Waals surface area contributed by atoms with Crippen LogP contribution < -0.4 is 5.73 Å².